The first-order valence-electron chi connectivity index (χ1n) is 27.9. The Hall–Kier alpha value is -6.18. The molecule has 1 heterocycles. The lowest BCUT2D eigenvalue weighted by atomic mass is 9.84. The number of hydrogen-bond acceptors (Lipinski definition) is 1. The number of furan rings is 1. The van der Waals surface area contributed by atoms with Crippen molar-refractivity contribution in [2.75, 3.05) is 0 Å². The minimum absolute atomic E-state index is 0.500. The van der Waals surface area contributed by atoms with Crippen molar-refractivity contribution in [1.82, 2.24) is 0 Å². The molecule has 10 rings (SSSR count). The summed E-state index contributed by atoms with van der Waals surface area (Å²) in [7, 11) is 0. The van der Waals surface area contributed by atoms with Crippen molar-refractivity contribution in [2.45, 2.75) is 0 Å². The fourth-order valence-corrected chi connectivity index (χ4v) is 5.76. The average molecular weight is 625 g/mol. The van der Waals surface area contributed by atoms with E-state index in [4.69, 9.17) is 29.1 Å². The minimum atomic E-state index is -0.999. The predicted molar refractivity (Wildman–Crippen MR) is 200 cm³/mol. The second kappa shape index (κ2) is 10.2. The van der Waals surface area contributed by atoms with Crippen LogP contribution < -0.4 is 0 Å². The first-order chi connectivity index (χ1) is 35.0. The molecule has 0 radical (unpaired) electrons. The van der Waals surface area contributed by atoms with E-state index in [9.17, 15) is 13.7 Å². The highest BCUT2D eigenvalue weighted by molar-refractivity contribution is 6.25. The van der Waals surface area contributed by atoms with Gasteiger partial charge in [-0.3, -0.25) is 0 Å². The fourth-order valence-electron chi connectivity index (χ4n) is 5.76. The summed E-state index contributed by atoms with van der Waals surface area (Å²) in [6.45, 7) is 0. The van der Waals surface area contributed by atoms with E-state index < -0.39 is 268 Å². The quantitative estimate of drug-likeness (QED) is 0.141. The molecule has 0 aliphatic rings. The van der Waals surface area contributed by atoms with Crippen molar-refractivity contribution < 1.29 is 42.8 Å². The van der Waals surface area contributed by atoms with Gasteiger partial charge in [0, 0.05) is 10.8 Å². The highest BCUT2D eigenvalue weighted by atomic mass is 16.3. The first-order valence-corrected chi connectivity index (χ1v) is 13.9. The van der Waals surface area contributed by atoms with Crippen LogP contribution in [0.4, 0.5) is 0 Å². The van der Waals surface area contributed by atoms with Crippen molar-refractivity contribution in [3.8, 4) is 33.4 Å². The number of rotatable bonds is 3. The van der Waals surface area contributed by atoms with Gasteiger partial charge in [-0.15, -0.1) is 0 Å². The van der Waals surface area contributed by atoms with Gasteiger partial charge in [0.1, 0.15) is 11.2 Å². The summed E-state index contributed by atoms with van der Waals surface area (Å²) >= 11 is 0. The van der Waals surface area contributed by atoms with Gasteiger partial charge < -0.3 is 4.42 Å². The zero-order valence-corrected chi connectivity index (χ0v) is 23.4. The molecule has 0 atom stereocenters. The molecule has 0 N–H and O–H groups in total. The minimum Gasteiger partial charge on any atom is -0.456 e. The van der Waals surface area contributed by atoms with Crippen molar-refractivity contribution in [1.29, 1.82) is 0 Å². The van der Waals surface area contributed by atoms with E-state index in [1.54, 1.807) is 0 Å². The SMILES string of the molecule is [2H]c1c([2H])c([2H])c(-c2c([2H])c([2H])c3c(oc4c([2H])c(-c5c6c([2H])c([2H])c([2H])c([2H])c6c(-c6c([2H])c([2H])c([2H])c7c6c([2H])c([2H])c6c([2H])c([2H])c([2H])c([2H])c67)c6c([2H])c([2H])c([2H])c([2H])c56)c([2H])c([2H])c43)c2[2H])c([2H])c1[2H]. The monoisotopic (exact) mass is 624 g/mol. The summed E-state index contributed by atoms with van der Waals surface area (Å²) in [5.41, 5.74) is -5.66. The molecule has 0 aliphatic carbocycles. The van der Waals surface area contributed by atoms with E-state index in [-0.39, 0.29) is 0 Å². The van der Waals surface area contributed by atoms with Crippen LogP contribution in [0.5, 0.6) is 0 Å². The van der Waals surface area contributed by atoms with E-state index in [2.05, 4.69) is 0 Å². The van der Waals surface area contributed by atoms with Crippen LogP contribution in [0.2, 0.25) is 0 Å². The Balaban J connectivity index is 1.48. The Morgan fingerprint density at radius 1 is 0.319 bits per heavy atom. The van der Waals surface area contributed by atoms with Crippen LogP contribution in [0.3, 0.4) is 0 Å². The molecule has 0 bridgehead atoms. The zero-order chi connectivity index (χ0) is 55.3. The molecule has 0 amide bonds. The Kier molecular flexibility index (Phi) is 2.31. The largest absolute Gasteiger partial charge is 0.456 e. The van der Waals surface area contributed by atoms with Gasteiger partial charge in [0.2, 0.25) is 0 Å². The lowest BCUT2D eigenvalue weighted by molar-refractivity contribution is 0.669. The maximum atomic E-state index is 9.74. The van der Waals surface area contributed by atoms with Gasteiger partial charge in [-0.1, -0.05) is 145 Å². The summed E-state index contributed by atoms with van der Waals surface area (Å²) in [6.07, 6.45) is 0. The summed E-state index contributed by atoms with van der Waals surface area (Å²) in [5.74, 6) is 0. The number of hydrogen-bond donors (Lipinski definition) is 0. The molecule has 1 nitrogen and oxygen atoms in total. The van der Waals surface area contributed by atoms with Crippen LogP contribution in [0.25, 0.3) is 98.4 Å². The smallest absolute Gasteiger partial charge is 0.136 e. The molecular weight excluding hydrogens is 569 g/mol. The molecule has 0 saturated heterocycles. The van der Waals surface area contributed by atoms with Crippen LogP contribution in [-0.2, 0) is 0 Å². The van der Waals surface area contributed by atoms with Gasteiger partial charge in [0.05, 0.1) is 38.4 Å². The van der Waals surface area contributed by atoms with Gasteiger partial charge >= 0.3 is 0 Å². The fraction of sp³-hybridized carbons (Fsp3) is 0. The summed E-state index contributed by atoms with van der Waals surface area (Å²) < 4.78 is 258. The average Bonchev–Trinajstić information content (AvgIpc) is 3.86. The lowest BCUT2D eigenvalue weighted by Gasteiger charge is -2.19. The Labute approximate surface area is 311 Å². The molecule has 0 saturated carbocycles. The standard InChI is InChI=1S/C46H28O/c1-2-11-29(12-3-1)31-22-25-36-37-26-23-32(28-44(37)47-43(36)27-31)45-39-15-6-8-17-41(39)46(42-18-9-7-16-40(42)45)38-20-10-19-34-33-14-5-4-13-30(33)21-24-35(34)38/h1-28H/i1D,2D,3D,4D,5D,6D,7D,8D,9D,10D,11D,12D,13D,14D,15D,16D,17D,18D,19D,20D,21D,22D,23D,24D,25D,26D,27D,28D. The van der Waals surface area contributed by atoms with Crippen molar-refractivity contribution >= 4 is 65.0 Å². The van der Waals surface area contributed by atoms with E-state index in [0.29, 0.717) is 0 Å². The van der Waals surface area contributed by atoms with Gasteiger partial charge in [-0.05, 0) is 101 Å². The Bertz CT molecular complexity index is 4330. The second-order valence-corrected chi connectivity index (χ2v) is 10.3. The van der Waals surface area contributed by atoms with Crippen LogP contribution >= 0.6 is 0 Å². The van der Waals surface area contributed by atoms with Gasteiger partial charge in [-0.25, -0.2) is 0 Å². The molecule has 0 fully saturated rings. The molecule has 0 aliphatic heterocycles. The molecule has 0 spiro atoms. The van der Waals surface area contributed by atoms with E-state index in [1.807, 2.05) is 0 Å². The summed E-state index contributed by atoms with van der Waals surface area (Å²) in [4.78, 5) is 0. The highest BCUT2D eigenvalue weighted by Gasteiger charge is 2.19. The molecule has 10 aromatic rings. The van der Waals surface area contributed by atoms with Gasteiger partial charge in [-0.2, -0.15) is 0 Å². The topological polar surface area (TPSA) is 13.1 Å². The molecule has 47 heavy (non-hydrogen) atoms. The third kappa shape index (κ3) is 3.97. The maximum absolute atomic E-state index is 9.74. The summed E-state index contributed by atoms with van der Waals surface area (Å²) in [5, 5.41) is -6.33. The Morgan fingerprint density at radius 2 is 0.851 bits per heavy atom. The molecule has 1 aromatic heterocycles. The molecule has 9 aromatic carbocycles. The van der Waals surface area contributed by atoms with E-state index in [1.165, 1.54) is 0 Å². The summed E-state index contributed by atoms with van der Waals surface area (Å²) in [6, 6.07) is -25.4. The van der Waals surface area contributed by atoms with Crippen molar-refractivity contribution in [3.63, 3.8) is 0 Å². The van der Waals surface area contributed by atoms with Crippen molar-refractivity contribution in [2.24, 2.45) is 0 Å². The zero-order valence-electron chi connectivity index (χ0n) is 51.4. The van der Waals surface area contributed by atoms with E-state index >= 15 is 0 Å². The van der Waals surface area contributed by atoms with E-state index in [0.717, 1.165) is 0 Å². The highest BCUT2D eigenvalue weighted by Crippen LogP contribution is 2.46. The molecule has 1 heteroatoms. The van der Waals surface area contributed by atoms with Crippen molar-refractivity contribution in [3.05, 3.63) is 169 Å². The predicted octanol–water partition coefficient (Wildman–Crippen LogP) is 13.2. The maximum Gasteiger partial charge on any atom is 0.136 e. The molecule has 218 valence electrons. The van der Waals surface area contributed by atoms with Crippen LogP contribution in [0.1, 0.15) is 38.4 Å². The van der Waals surface area contributed by atoms with Crippen LogP contribution in [-0.4, -0.2) is 0 Å². The van der Waals surface area contributed by atoms with Gasteiger partial charge in [0.15, 0.2) is 0 Å². The molecule has 0 unspecified atom stereocenters. The lowest BCUT2D eigenvalue weighted by Crippen LogP contribution is -1.91. The van der Waals surface area contributed by atoms with Crippen LogP contribution in [0, 0.1) is 0 Å². The Morgan fingerprint density at radius 3 is 1.55 bits per heavy atom. The second-order valence-electron chi connectivity index (χ2n) is 10.3. The third-order valence-corrected chi connectivity index (χ3v) is 7.76. The van der Waals surface area contributed by atoms with Gasteiger partial charge in [0.25, 0.3) is 0 Å². The molecular formula is C46H28O. The first kappa shape index (κ1) is 10.7. The third-order valence-electron chi connectivity index (χ3n) is 7.76. The number of benzene rings is 9. The normalized spacial score (nSPS) is 20.2. The van der Waals surface area contributed by atoms with Crippen LogP contribution in [0.15, 0.2) is 174 Å². The number of fused-ring (bicyclic) bond motifs is 8.